The molecule has 3 aromatic rings. The minimum Gasteiger partial charge on any atom is -0.294 e. The number of aryl methyl sites for hydroxylation is 1. The monoisotopic (exact) mass is 258 g/mol. The molecule has 0 spiro atoms. The van der Waals surface area contributed by atoms with E-state index in [9.17, 15) is 4.79 Å². The summed E-state index contributed by atoms with van der Waals surface area (Å²) in [6.45, 7) is 3.39. The van der Waals surface area contributed by atoms with Crippen molar-refractivity contribution < 1.29 is 4.79 Å². The summed E-state index contributed by atoms with van der Waals surface area (Å²) in [5, 5.41) is 4.22. The highest BCUT2D eigenvalue weighted by molar-refractivity contribution is 7.17. The van der Waals surface area contributed by atoms with Crippen molar-refractivity contribution in [3.8, 4) is 10.4 Å². The molecule has 0 unspecified atom stereocenters. The third-order valence-corrected chi connectivity index (χ3v) is 3.77. The van der Waals surface area contributed by atoms with Gasteiger partial charge in [0.25, 0.3) is 5.78 Å². The maximum absolute atomic E-state index is 11.3. The van der Waals surface area contributed by atoms with Crippen LogP contribution in [0.15, 0.2) is 24.5 Å². The Bertz CT molecular complexity index is 743. The van der Waals surface area contributed by atoms with Gasteiger partial charge in [-0.15, -0.1) is 11.3 Å². The molecule has 0 radical (unpaired) electrons. The van der Waals surface area contributed by atoms with Crippen LogP contribution >= 0.6 is 11.3 Å². The van der Waals surface area contributed by atoms with Gasteiger partial charge in [-0.3, -0.25) is 4.79 Å². The number of thiophene rings is 1. The van der Waals surface area contributed by atoms with Gasteiger partial charge in [0.15, 0.2) is 5.78 Å². The highest BCUT2D eigenvalue weighted by Crippen LogP contribution is 2.27. The molecule has 0 amide bonds. The Kier molecular flexibility index (Phi) is 2.45. The smallest absolute Gasteiger partial charge is 0.252 e. The fourth-order valence-electron chi connectivity index (χ4n) is 1.70. The van der Waals surface area contributed by atoms with Crippen LogP contribution in [0.25, 0.3) is 16.2 Å². The summed E-state index contributed by atoms with van der Waals surface area (Å²) in [7, 11) is 0. The lowest BCUT2D eigenvalue weighted by Gasteiger charge is -1.96. The Morgan fingerprint density at radius 1 is 1.39 bits per heavy atom. The molecule has 90 valence electrons. The summed E-state index contributed by atoms with van der Waals surface area (Å²) < 4.78 is 1.65. The van der Waals surface area contributed by atoms with E-state index in [0.29, 0.717) is 11.6 Å². The van der Waals surface area contributed by atoms with Crippen LogP contribution in [-0.2, 0) is 0 Å². The van der Waals surface area contributed by atoms with Gasteiger partial charge in [-0.05, 0) is 26.0 Å². The fourth-order valence-corrected chi connectivity index (χ4v) is 2.57. The van der Waals surface area contributed by atoms with E-state index in [-0.39, 0.29) is 5.78 Å². The fraction of sp³-hybridized carbons (Fsp3) is 0.167. The van der Waals surface area contributed by atoms with Crippen LogP contribution in [0.1, 0.15) is 22.4 Å². The number of nitrogens with zero attached hydrogens (tertiary/aromatic N) is 4. The highest BCUT2D eigenvalue weighted by Gasteiger charge is 2.08. The lowest BCUT2D eigenvalue weighted by atomic mass is 10.3. The van der Waals surface area contributed by atoms with Crippen LogP contribution < -0.4 is 0 Å². The van der Waals surface area contributed by atoms with E-state index in [0.717, 1.165) is 15.3 Å². The first kappa shape index (κ1) is 11.0. The number of carbonyl (C=O) groups excluding carboxylic acids is 1. The zero-order valence-electron chi connectivity index (χ0n) is 9.91. The van der Waals surface area contributed by atoms with Crippen LogP contribution in [0.5, 0.6) is 0 Å². The minimum absolute atomic E-state index is 0.0805. The summed E-state index contributed by atoms with van der Waals surface area (Å²) in [4.78, 5) is 21.4. The number of ketones is 1. The van der Waals surface area contributed by atoms with E-state index in [1.165, 1.54) is 11.3 Å². The van der Waals surface area contributed by atoms with Gasteiger partial charge >= 0.3 is 0 Å². The van der Waals surface area contributed by atoms with Gasteiger partial charge in [0.1, 0.15) is 5.82 Å². The Morgan fingerprint density at radius 3 is 2.94 bits per heavy atom. The molecule has 0 aliphatic heterocycles. The van der Waals surface area contributed by atoms with Crippen LogP contribution in [-0.4, -0.2) is 25.4 Å². The standard InChI is InChI=1S/C12H10N4OS/c1-7(17)10-3-4-11(18-10)9-5-13-12-14-8(2)15-16(12)6-9/h3-6H,1-2H3. The Morgan fingerprint density at radius 2 is 2.22 bits per heavy atom. The van der Waals surface area contributed by atoms with Crippen LogP contribution in [0.3, 0.4) is 0 Å². The Hall–Kier alpha value is -2.08. The van der Waals surface area contributed by atoms with E-state index in [1.807, 2.05) is 25.3 Å². The average Bonchev–Trinajstić information content (AvgIpc) is 2.91. The van der Waals surface area contributed by atoms with Gasteiger partial charge in [0, 0.05) is 22.8 Å². The van der Waals surface area contributed by atoms with Crippen LogP contribution in [0.2, 0.25) is 0 Å². The van der Waals surface area contributed by atoms with E-state index in [2.05, 4.69) is 15.1 Å². The zero-order chi connectivity index (χ0) is 12.7. The lowest BCUT2D eigenvalue weighted by molar-refractivity contribution is 0.102. The molecule has 3 heterocycles. The highest BCUT2D eigenvalue weighted by atomic mass is 32.1. The van der Waals surface area contributed by atoms with Crippen molar-refractivity contribution in [2.75, 3.05) is 0 Å². The molecule has 0 bridgehead atoms. The number of hydrogen-bond donors (Lipinski definition) is 0. The second kappa shape index (κ2) is 3.99. The summed E-state index contributed by atoms with van der Waals surface area (Å²) in [5.41, 5.74) is 0.935. The van der Waals surface area contributed by atoms with Gasteiger partial charge in [-0.2, -0.15) is 10.1 Å². The molecule has 3 aromatic heterocycles. The van der Waals surface area contributed by atoms with Gasteiger partial charge in [-0.25, -0.2) is 9.50 Å². The van der Waals surface area contributed by atoms with Gasteiger partial charge < -0.3 is 0 Å². The van der Waals surface area contributed by atoms with E-state index in [4.69, 9.17) is 0 Å². The number of hydrogen-bond acceptors (Lipinski definition) is 5. The van der Waals surface area contributed by atoms with Crippen LogP contribution in [0, 0.1) is 6.92 Å². The molecule has 6 heteroatoms. The predicted octanol–water partition coefficient (Wildman–Crippen LogP) is 2.36. The third-order valence-electron chi connectivity index (χ3n) is 2.54. The number of fused-ring (bicyclic) bond motifs is 1. The summed E-state index contributed by atoms with van der Waals surface area (Å²) >= 11 is 1.46. The molecule has 0 aliphatic rings. The quantitative estimate of drug-likeness (QED) is 0.662. The molecule has 0 atom stereocenters. The molecule has 0 fully saturated rings. The van der Waals surface area contributed by atoms with Crippen molar-refractivity contribution in [1.82, 2.24) is 19.6 Å². The molecule has 0 aliphatic carbocycles. The summed E-state index contributed by atoms with van der Waals surface area (Å²) in [6.07, 6.45) is 3.62. The minimum atomic E-state index is 0.0805. The van der Waals surface area contributed by atoms with Crippen LogP contribution in [0.4, 0.5) is 0 Å². The normalized spacial score (nSPS) is 11.0. The van der Waals surface area contributed by atoms with Gasteiger partial charge in [0.2, 0.25) is 0 Å². The second-order valence-electron chi connectivity index (χ2n) is 3.97. The topological polar surface area (TPSA) is 60.2 Å². The van der Waals surface area contributed by atoms with Crippen molar-refractivity contribution in [2.45, 2.75) is 13.8 Å². The summed E-state index contributed by atoms with van der Waals surface area (Å²) in [6, 6.07) is 3.76. The molecule has 0 saturated carbocycles. The second-order valence-corrected chi connectivity index (χ2v) is 5.05. The molecule has 18 heavy (non-hydrogen) atoms. The first-order valence-corrected chi connectivity index (χ1v) is 6.25. The maximum Gasteiger partial charge on any atom is 0.252 e. The zero-order valence-corrected chi connectivity index (χ0v) is 10.7. The predicted molar refractivity (Wildman–Crippen MR) is 68.8 cm³/mol. The first-order chi connectivity index (χ1) is 8.63. The van der Waals surface area contributed by atoms with E-state index in [1.54, 1.807) is 17.6 Å². The Balaban J connectivity index is 2.09. The molecule has 0 saturated heterocycles. The van der Waals surface area contributed by atoms with Crippen molar-refractivity contribution in [3.05, 3.63) is 35.2 Å². The number of Topliss-reactive ketones (excluding diaryl/α,β-unsaturated/α-hetero) is 1. The van der Waals surface area contributed by atoms with Crippen molar-refractivity contribution in [2.24, 2.45) is 0 Å². The largest absolute Gasteiger partial charge is 0.294 e. The van der Waals surface area contributed by atoms with E-state index < -0.39 is 0 Å². The molecule has 0 N–H and O–H groups in total. The van der Waals surface area contributed by atoms with Gasteiger partial charge in [-0.1, -0.05) is 0 Å². The molecular formula is C12H10N4OS. The van der Waals surface area contributed by atoms with Crippen molar-refractivity contribution in [1.29, 1.82) is 0 Å². The number of aromatic nitrogens is 4. The molecule has 3 rings (SSSR count). The van der Waals surface area contributed by atoms with E-state index >= 15 is 0 Å². The average molecular weight is 258 g/mol. The first-order valence-electron chi connectivity index (χ1n) is 5.43. The number of rotatable bonds is 2. The third kappa shape index (κ3) is 1.80. The summed E-state index contributed by atoms with van der Waals surface area (Å²) in [5.74, 6) is 1.35. The number of carbonyl (C=O) groups is 1. The van der Waals surface area contributed by atoms with Crippen molar-refractivity contribution in [3.63, 3.8) is 0 Å². The SMILES string of the molecule is CC(=O)c1ccc(-c2cnc3nc(C)nn3c2)s1. The Labute approximate surface area is 107 Å². The molecule has 0 aromatic carbocycles. The lowest BCUT2D eigenvalue weighted by Crippen LogP contribution is -1.90. The van der Waals surface area contributed by atoms with Gasteiger partial charge in [0.05, 0.1) is 4.88 Å². The molecular weight excluding hydrogens is 248 g/mol. The van der Waals surface area contributed by atoms with Crippen molar-refractivity contribution >= 4 is 22.9 Å². The maximum atomic E-state index is 11.3. The molecule has 5 nitrogen and oxygen atoms in total.